The first-order valence-corrected chi connectivity index (χ1v) is 5.16. The molecule has 0 bridgehead atoms. The van der Waals surface area contributed by atoms with Crippen molar-refractivity contribution in [3.8, 4) is 0 Å². The quantitative estimate of drug-likeness (QED) is 0.771. The highest BCUT2D eigenvalue weighted by Gasteiger charge is 2.18. The summed E-state index contributed by atoms with van der Waals surface area (Å²) in [5, 5.41) is 3.59. The van der Waals surface area contributed by atoms with E-state index in [2.05, 4.69) is 12.2 Å². The molecular formula is C11H17NO. The normalized spacial score (nSPS) is 20.7. The van der Waals surface area contributed by atoms with Gasteiger partial charge < -0.3 is 9.73 Å². The van der Waals surface area contributed by atoms with Crippen LogP contribution in [0.5, 0.6) is 0 Å². The van der Waals surface area contributed by atoms with Crippen molar-refractivity contribution < 1.29 is 4.42 Å². The number of furan rings is 1. The smallest absolute Gasteiger partial charge is 0.120 e. The first-order chi connectivity index (χ1) is 6.36. The predicted molar refractivity (Wildman–Crippen MR) is 52.5 cm³/mol. The van der Waals surface area contributed by atoms with Crippen LogP contribution in [0.1, 0.15) is 44.4 Å². The summed E-state index contributed by atoms with van der Waals surface area (Å²) >= 11 is 0. The van der Waals surface area contributed by atoms with E-state index in [4.69, 9.17) is 4.42 Å². The average Bonchev–Trinajstić information content (AvgIpc) is 2.74. The van der Waals surface area contributed by atoms with Gasteiger partial charge in [-0.3, -0.25) is 0 Å². The third kappa shape index (κ3) is 2.13. The molecule has 0 spiro atoms. The van der Waals surface area contributed by atoms with E-state index >= 15 is 0 Å². The predicted octanol–water partition coefficient (Wildman–Crippen LogP) is 2.87. The SMILES string of the molecule is C[C@H](NC1CCCC1)c1ccco1. The minimum absolute atomic E-state index is 0.359. The van der Waals surface area contributed by atoms with Gasteiger partial charge >= 0.3 is 0 Å². The monoisotopic (exact) mass is 179 g/mol. The second kappa shape index (κ2) is 3.97. The van der Waals surface area contributed by atoms with Gasteiger partial charge in [-0.2, -0.15) is 0 Å². The van der Waals surface area contributed by atoms with E-state index in [1.54, 1.807) is 6.26 Å². The van der Waals surface area contributed by atoms with Crippen LogP contribution in [0.4, 0.5) is 0 Å². The first kappa shape index (κ1) is 8.82. The molecule has 2 nitrogen and oxygen atoms in total. The van der Waals surface area contributed by atoms with Crippen molar-refractivity contribution in [2.45, 2.75) is 44.7 Å². The van der Waals surface area contributed by atoms with Gasteiger partial charge in [0.05, 0.1) is 12.3 Å². The van der Waals surface area contributed by atoms with Gasteiger partial charge in [-0.1, -0.05) is 12.8 Å². The molecule has 0 aliphatic heterocycles. The Morgan fingerprint density at radius 2 is 2.23 bits per heavy atom. The Hall–Kier alpha value is -0.760. The van der Waals surface area contributed by atoms with Gasteiger partial charge in [0.15, 0.2) is 0 Å². The van der Waals surface area contributed by atoms with Crippen molar-refractivity contribution in [3.05, 3.63) is 24.2 Å². The van der Waals surface area contributed by atoms with Gasteiger partial charge in [-0.05, 0) is 31.9 Å². The Balaban J connectivity index is 1.87. The molecule has 0 radical (unpaired) electrons. The Kier molecular flexibility index (Phi) is 2.69. The van der Waals surface area contributed by atoms with E-state index in [0.29, 0.717) is 12.1 Å². The van der Waals surface area contributed by atoms with E-state index in [1.807, 2.05) is 12.1 Å². The van der Waals surface area contributed by atoms with E-state index in [9.17, 15) is 0 Å². The summed E-state index contributed by atoms with van der Waals surface area (Å²) in [6.45, 7) is 2.16. The molecule has 1 saturated carbocycles. The molecule has 1 aromatic rings. The molecule has 2 rings (SSSR count). The highest BCUT2D eigenvalue weighted by molar-refractivity contribution is 5.03. The summed E-state index contributed by atoms with van der Waals surface area (Å²) in [4.78, 5) is 0. The second-order valence-corrected chi connectivity index (χ2v) is 3.89. The number of hydrogen-bond donors (Lipinski definition) is 1. The molecule has 2 heteroatoms. The molecule has 0 amide bonds. The maximum Gasteiger partial charge on any atom is 0.120 e. The lowest BCUT2D eigenvalue weighted by atomic mass is 10.2. The van der Waals surface area contributed by atoms with Crippen LogP contribution in [0.15, 0.2) is 22.8 Å². The van der Waals surface area contributed by atoms with Crippen molar-refractivity contribution in [3.63, 3.8) is 0 Å². The molecule has 1 aliphatic carbocycles. The lowest BCUT2D eigenvalue weighted by Crippen LogP contribution is -2.28. The fraction of sp³-hybridized carbons (Fsp3) is 0.636. The third-order valence-electron chi connectivity index (χ3n) is 2.81. The van der Waals surface area contributed by atoms with Crippen LogP contribution >= 0.6 is 0 Å². The molecule has 1 atom stereocenters. The van der Waals surface area contributed by atoms with Crippen molar-refractivity contribution in [2.75, 3.05) is 0 Å². The topological polar surface area (TPSA) is 25.2 Å². The zero-order chi connectivity index (χ0) is 9.10. The molecule has 72 valence electrons. The summed E-state index contributed by atoms with van der Waals surface area (Å²) < 4.78 is 5.34. The average molecular weight is 179 g/mol. The Labute approximate surface area is 79.3 Å². The summed E-state index contributed by atoms with van der Waals surface area (Å²) in [5.41, 5.74) is 0. The first-order valence-electron chi connectivity index (χ1n) is 5.16. The van der Waals surface area contributed by atoms with Gasteiger partial charge in [0.1, 0.15) is 5.76 Å². The Morgan fingerprint density at radius 1 is 1.46 bits per heavy atom. The largest absolute Gasteiger partial charge is 0.468 e. The van der Waals surface area contributed by atoms with E-state index in [1.165, 1.54) is 25.7 Å². The summed E-state index contributed by atoms with van der Waals surface area (Å²) in [6.07, 6.45) is 7.14. The van der Waals surface area contributed by atoms with Crippen molar-refractivity contribution in [1.82, 2.24) is 5.32 Å². The lowest BCUT2D eigenvalue weighted by Gasteiger charge is -2.16. The van der Waals surface area contributed by atoms with Crippen LogP contribution in [0, 0.1) is 0 Å². The van der Waals surface area contributed by atoms with Crippen molar-refractivity contribution in [1.29, 1.82) is 0 Å². The fourth-order valence-corrected chi connectivity index (χ4v) is 2.07. The van der Waals surface area contributed by atoms with Gasteiger partial charge in [0.25, 0.3) is 0 Å². The summed E-state index contributed by atoms with van der Waals surface area (Å²) in [5.74, 6) is 1.05. The number of hydrogen-bond acceptors (Lipinski definition) is 2. The van der Waals surface area contributed by atoms with Crippen LogP contribution in [-0.4, -0.2) is 6.04 Å². The van der Waals surface area contributed by atoms with Gasteiger partial charge in [0, 0.05) is 6.04 Å². The standard InChI is InChI=1S/C11H17NO/c1-9(11-7-4-8-13-11)12-10-5-2-3-6-10/h4,7-10,12H,2-3,5-6H2,1H3/t9-/m0/s1. The Morgan fingerprint density at radius 3 is 2.85 bits per heavy atom. The molecule has 0 saturated heterocycles. The maximum absolute atomic E-state index is 5.34. The van der Waals surface area contributed by atoms with E-state index < -0.39 is 0 Å². The lowest BCUT2D eigenvalue weighted by molar-refractivity contribution is 0.390. The van der Waals surface area contributed by atoms with Gasteiger partial charge in [-0.25, -0.2) is 0 Å². The molecule has 1 aliphatic rings. The van der Waals surface area contributed by atoms with Crippen molar-refractivity contribution in [2.24, 2.45) is 0 Å². The van der Waals surface area contributed by atoms with Gasteiger partial charge in [0.2, 0.25) is 0 Å². The highest BCUT2D eigenvalue weighted by atomic mass is 16.3. The van der Waals surface area contributed by atoms with E-state index in [0.717, 1.165) is 5.76 Å². The maximum atomic E-state index is 5.34. The molecular weight excluding hydrogens is 162 g/mol. The minimum Gasteiger partial charge on any atom is -0.468 e. The molecule has 1 N–H and O–H groups in total. The Bertz CT molecular complexity index is 237. The third-order valence-corrected chi connectivity index (χ3v) is 2.81. The molecule has 1 aromatic heterocycles. The van der Waals surface area contributed by atoms with Crippen LogP contribution in [-0.2, 0) is 0 Å². The molecule has 13 heavy (non-hydrogen) atoms. The van der Waals surface area contributed by atoms with Crippen molar-refractivity contribution >= 4 is 0 Å². The summed E-state index contributed by atoms with van der Waals surface area (Å²) in [7, 11) is 0. The fourth-order valence-electron chi connectivity index (χ4n) is 2.07. The minimum atomic E-state index is 0.359. The number of rotatable bonds is 3. The molecule has 1 fully saturated rings. The summed E-state index contributed by atoms with van der Waals surface area (Å²) in [6, 6.07) is 5.05. The molecule has 1 heterocycles. The van der Waals surface area contributed by atoms with Crippen LogP contribution in [0.25, 0.3) is 0 Å². The molecule has 0 unspecified atom stereocenters. The molecule has 0 aromatic carbocycles. The van der Waals surface area contributed by atoms with Gasteiger partial charge in [-0.15, -0.1) is 0 Å². The van der Waals surface area contributed by atoms with Crippen LogP contribution in [0.2, 0.25) is 0 Å². The van der Waals surface area contributed by atoms with E-state index in [-0.39, 0.29) is 0 Å². The van der Waals surface area contributed by atoms with Crippen LogP contribution in [0.3, 0.4) is 0 Å². The zero-order valence-electron chi connectivity index (χ0n) is 8.12. The second-order valence-electron chi connectivity index (χ2n) is 3.89. The zero-order valence-corrected chi connectivity index (χ0v) is 8.12. The number of nitrogens with one attached hydrogen (secondary N) is 1. The highest BCUT2D eigenvalue weighted by Crippen LogP contribution is 2.21. The van der Waals surface area contributed by atoms with Crippen LogP contribution < -0.4 is 5.32 Å².